The highest BCUT2D eigenvalue weighted by Crippen LogP contribution is 2.09. The zero-order valence-electron chi connectivity index (χ0n) is 9.78. The van der Waals surface area contributed by atoms with Crippen LogP contribution in [0.2, 0.25) is 0 Å². The van der Waals surface area contributed by atoms with Crippen molar-refractivity contribution < 1.29 is 29.3 Å². The summed E-state index contributed by atoms with van der Waals surface area (Å²) in [4.78, 5) is 21.8. The molecule has 0 fully saturated rings. The molecular formula is C12H14O6. The molecule has 1 aromatic carbocycles. The highest BCUT2D eigenvalue weighted by molar-refractivity contribution is 5.83. The summed E-state index contributed by atoms with van der Waals surface area (Å²) in [6.07, 6.45) is -3.08. The third-order valence-electron chi connectivity index (χ3n) is 2.29. The number of ether oxygens (including phenoxy) is 2. The van der Waals surface area contributed by atoms with Crippen LogP contribution in [0.3, 0.4) is 0 Å². The Morgan fingerprint density at radius 2 is 1.67 bits per heavy atom. The fourth-order valence-corrected chi connectivity index (χ4v) is 1.40. The van der Waals surface area contributed by atoms with Gasteiger partial charge in [0.2, 0.25) is 0 Å². The minimum Gasteiger partial charge on any atom is -0.479 e. The molecular weight excluding hydrogens is 240 g/mol. The number of aliphatic carboxylic acids is 2. The molecule has 0 bridgehead atoms. The summed E-state index contributed by atoms with van der Waals surface area (Å²) in [5.41, 5.74) is 0.754. The van der Waals surface area contributed by atoms with Crippen molar-refractivity contribution in [3.63, 3.8) is 0 Å². The second-order valence-corrected chi connectivity index (χ2v) is 3.55. The first kappa shape index (κ1) is 14.1. The van der Waals surface area contributed by atoms with Gasteiger partial charge in [-0.2, -0.15) is 0 Å². The maximum absolute atomic E-state index is 11.0. The summed E-state index contributed by atoms with van der Waals surface area (Å²) >= 11 is 0. The van der Waals surface area contributed by atoms with Crippen LogP contribution < -0.4 is 0 Å². The molecule has 2 N–H and O–H groups in total. The second-order valence-electron chi connectivity index (χ2n) is 3.55. The summed E-state index contributed by atoms with van der Waals surface area (Å²) in [5, 5.41) is 17.8. The van der Waals surface area contributed by atoms with Crippen LogP contribution in [0.15, 0.2) is 30.3 Å². The van der Waals surface area contributed by atoms with Gasteiger partial charge in [0.15, 0.2) is 12.2 Å². The molecule has 0 spiro atoms. The lowest BCUT2D eigenvalue weighted by Crippen LogP contribution is -2.43. The first-order valence-electron chi connectivity index (χ1n) is 5.20. The highest BCUT2D eigenvalue weighted by Gasteiger charge is 2.34. The van der Waals surface area contributed by atoms with E-state index in [9.17, 15) is 9.59 Å². The second kappa shape index (κ2) is 6.73. The molecule has 0 aliphatic rings. The van der Waals surface area contributed by atoms with Crippen LogP contribution in [-0.2, 0) is 25.7 Å². The van der Waals surface area contributed by atoms with E-state index < -0.39 is 24.1 Å². The fraction of sp³-hybridized carbons (Fsp3) is 0.333. The van der Waals surface area contributed by atoms with Crippen molar-refractivity contribution in [2.24, 2.45) is 0 Å². The first-order chi connectivity index (χ1) is 8.56. The number of carboxylic acid groups (broad SMARTS) is 2. The summed E-state index contributed by atoms with van der Waals surface area (Å²) in [6.45, 7) is 0.00491. The summed E-state index contributed by atoms with van der Waals surface area (Å²) in [6, 6.07) is 8.87. The van der Waals surface area contributed by atoms with E-state index in [2.05, 4.69) is 4.74 Å². The van der Waals surface area contributed by atoms with Crippen molar-refractivity contribution in [3.05, 3.63) is 35.9 Å². The molecule has 0 saturated heterocycles. The van der Waals surface area contributed by atoms with Gasteiger partial charge < -0.3 is 19.7 Å². The van der Waals surface area contributed by atoms with E-state index in [-0.39, 0.29) is 6.61 Å². The molecule has 1 aromatic rings. The number of benzene rings is 1. The molecule has 0 amide bonds. The van der Waals surface area contributed by atoms with E-state index in [1.165, 1.54) is 0 Å². The lowest BCUT2D eigenvalue weighted by molar-refractivity contribution is -0.175. The molecule has 0 aromatic heterocycles. The SMILES string of the molecule is COC(C(=O)O)C(OCc1ccccc1)C(=O)O. The minimum atomic E-state index is -1.55. The Hall–Kier alpha value is -1.92. The van der Waals surface area contributed by atoms with Crippen molar-refractivity contribution in [2.75, 3.05) is 7.11 Å². The molecule has 0 aliphatic carbocycles. The maximum atomic E-state index is 11.0. The molecule has 18 heavy (non-hydrogen) atoms. The van der Waals surface area contributed by atoms with E-state index in [1.807, 2.05) is 6.07 Å². The van der Waals surface area contributed by atoms with Gasteiger partial charge in [-0.15, -0.1) is 0 Å². The van der Waals surface area contributed by atoms with Gasteiger partial charge >= 0.3 is 11.9 Å². The van der Waals surface area contributed by atoms with Gasteiger partial charge in [-0.1, -0.05) is 30.3 Å². The predicted octanol–water partition coefficient (Wildman–Crippen LogP) is 0.756. The Balaban J connectivity index is 2.69. The average Bonchev–Trinajstić information content (AvgIpc) is 2.34. The van der Waals surface area contributed by atoms with E-state index in [0.29, 0.717) is 0 Å². The van der Waals surface area contributed by atoms with Gasteiger partial charge in [0.25, 0.3) is 0 Å². The predicted molar refractivity (Wildman–Crippen MR) is 61.1 cm³/mol. The van der Waals surface area contributed by atoms with Crippen LogP contribution in [0.1, 0.15) is 5.56 Å². The molecule has 0 aliphatic heterocycles. The third kappa shape index (κ3) is 3.83. The van der Waals surface area contributed by atoms with Gasteiger partial charge in [0.05, 0.1) is 6.61 Å². The number of methoxy groups -OCH3 is 1. The Bertz CT molecular complexity index is 402. The number of carbonyl (C=O) groups is 2. The molecule has 98 valence electrons. The molecule has 1 rings (SSSR count). The van der Waals surface area contributed by atoms with Crippen LogP contribution in [0.5, 0.6) is 0 Å². The van der Waals surface area contributed by atoms with Crippen molar-refractivity contribution >= 4 is 11.9 Å². The average molecular weight is 254 g/mol. The molecule has 0 heterocycles. The zero-order valence-corrected chi connectivity index (χ0v) is 9.78. The topological polar surface area (TPSA) is 93.1 Å². The third-order valence-corrected chi connectivity index (χ3v) is 2.29. The van der Waals surface area contributed by atoms with Crippen molar-refractivity contribution in [2.45, 2.75) is 18.8 Å². The van der Waals surface area contributed by atoms with Gasteiger partial charge in [-0.25, -0.2) is 9.59 Å². The Morgan fingerprint density at radius 1 is 1.11 bits per heavy atom. The van der Waals surface area contributed by atoms with E-state index >= 15 is 0 Å². The number of rotatable bonds is 7. The lowest BCUT2D eigenvalue weighted by Gasteiger charge is -2.19. The molecule has 2 atom stereocenters. The van der Waals surface area contributed by atoms with E-state index in [0.717, 1.165) is 12.7 Å². The van der Waals surface area contributed by atoms with Gasteiger partial charge in [-0.05, 0) is 5.56 Å². The molecule has 0 saturated carbocycles. The number of carboxylic acids is 2. The molecule has 2 unspecified atom stereocenters. The minimum absolute atomic E-state index is 0.00491. The van der Waals surface area contributed by atoms with Crippen LogP contribution in [0.25, 0.3) is 0 Å². The highest BCUT2D eigenvalue weighted by atomic mass is 16.6. The molecule has 6 heteroatoms. The van der Waals surface area contributed by atoms with E-state index in [1.54, 1.807) is 24.3 Å². The van der Waals surface area contributed by atoms with Crippen molar-refractivity contribution in [3.8, 4) is 0 Å². The van der Waals surface area contributed by atoms with Gasteiger partial charge in [-0.3, -0.25) is 0 Å². The Kier molecular flexibility index (Phi) is 5.29. The number of hydrogen-bond donors (Lipinski definition) is 2. The van der Waals surface area contributed by atoms with Crippen LogP contribution in [-0.4, -0.2) is 41.5 Å². The van der Waals surface area contributed by atoms with Crippen molar-refractivity contribution in [1.29, 1.82) is 0 Å². The maximum Gasteiger partial charge on any atom is 0.336 e. The standard InChI is InChI=1S/C12H14O6/c1-17-9(11(13)14)10(12(15)16)18-7-8-5-3-2-4-6-8/h2-6,9-10H,7H2,1H3,(H,13,14)(H,15,16). The normalized spacial score (nSPS) is 13.8. The van der Waals surface area contributed by atoms with Crippen LogP contribution in [0, 0.1) is 0 Å². The van der Waals surface area contributed by atoms with Gasteiger partial charge in [0.1, 0.15) is 0 Å². The Morgan fingerprint density at radius 3 is 2.11 bits per heavy atom. The Labute approximate surface area is 104 Å². The largest absolute Gasteiger partial charge is 0.479 e. The summed E-state index contributed by atoms with van der Waals surface area (Å²) in [7, 11) is 1.13. The fourth-order valence-electron chi connectivity index (χ4n) is 1.40. The van der Waals surface area contributed by atoms with Crippen molar-refractivity contribution in [1.82, 2.24) is 0 Å². The monoisotopic (exact) mass is 254 g/mol. The molecule has 6 nitrogen and oxygen atoms in total. The van der Waals surface area contributed by atoms with Gasteiger partial charge in [0, 0.05) is 7.11 Å². The number of hydrogen-bond acceptors (Lipinski definition) is 4. The summed E-state index contributed by atoms with van der Waals surface area (Å²) in [5.74, 6) is -2.75. The van der Waals surface area contributed by atoms with E-state index in [4.69, 9.17) is 14.9 Å². The van der Waals surface area contributed by atoms with Crippen LogP contribution >= 0.6 is 0 Å². The quantitative estimate of drug-likeness (QED) is 0.746. The smallest absolute Gasteiger partial charge is 0.336 e. The van der Waals surface area contributed by atoms with Crippen LogP contribution in [0.4, 0.5) is 0 Å². The first-order valence-corrected chi connectivity index (χ1v) is 5.20. The summed E-state index contributed by atoms with van der Waals surface area (Å²) < 4.78 is 9.72. The lowest BCUT2D eigenvalue weighted by atomic mass is 10.2. The zero-order chi connectivity index (χ0) is 13.5. The molecule has 0 radical (unpaired) electrons.